The molecule has 0 radical (unpaired) electrons. The third-order valence-electron chi connectivity index (χ3n) is 2.63. The molecular formula is C12H23N3O3S. The zero-order valence-corrected chi connectivity index (χ0v) is 12.9. The molecule has 0 spiro atoms. The highest BCUT2D eigenvalue weighted by atomic mass is 32.2. The number of hydrogen-bond donors (Lipinski definition) is 1. The van der Waals surface area contributed by atoms with Gasteiger partial charge in [-0.3, -0.25) is 9.69 Å². The normalized spacial score (nSPS) is 11.3. The van der Waals surface area contributed by atoms with Crippen LogP contribution in [0.25, 0.3) is 0 Å². The van der Waals surface area contributed by atoms with E-state index in [1.165, 1.54) is 7.05 Å². The van der Waals surface area contributed by atoms with Gasteiger partial charge in [0, 0.05) is 7.05 Å². The van der Waals surface area contributed by atoms with Crippen LogP contribution in [0.3, 0.4) is 0 Å². The summed E-state index contributed by atoms with van der Waals surface area (Å²) in [5.41, 5.74) is 0. The van der Waals surface area contributed by atoms with E-state index in [1.807, 2.05) is 0 Å². The summed E-state index contributed by atoms with van der Waals surface area (Å²) in [6.45, 7) is 6.73. The van der Waals surface area contributed by atoms with E-state index in [-0.39, 0.29) is 19.0 Å². The third-order valence-corrected chi connectivity index (χ3v) is 3.89. The van der Waals surface area contributed by atoms with Gasteiger partial charge in [0.15, 0.2) is 0 Å². The molecule has 1 amide bonds. The maximum Gasteiger partial charge on any atom is 0.236 e. The number of carbonyl (C=O) groups excluding carboxylic acids is 1. The second-order valence-electron chi connectivity index (χ2n) is 4.11. The largest absolute Gasteiger partial charge is 0.344 e. The monoisotopic (exact) mass is 289 g/mol. The number of likely N-dealkylation sites (N-methyl/N-ethyl adjacent to an activating group) is 1. The van der Waals surface area contributed by atoms with Crippen molar-refractivity contribution >= 4 is 15.9 Å². The average Bonchev–Trinajstić information content (AvgIpc) is 2.32. The summed E-state index contributed by atoms with van der Waals surface area (Å²) in [6.07, 6.45) is 1.06. The van der Waals surface area contributed by atoms with Crippen molar-refractivity contribution in [1.29, 1.82) is 0 Å². The van der Waals surface area contributed by atoms with Crippen molar-refractivity contribution in [2.75, 3.05) is 46.0 Å². The van der Waals surface area contributed by atoms with E-state index in [1.54, 1.807) is 0 Å². The van der Waals surface area contributed by atoms with Gasteiger partial charge in [0.25, 0.3) is 0 Å². The lowest BCUT2D eigenvalue weighted by atomic mass is 10.4. The van der Waals surface area contributed by atoms with Crippen LogP contribution in [0.2, 0.25) is 0 Å². The highest BCUT2D eigenvalue weighted by Crippen LogP contribution is 1.91. The molecule has 0 aliphatic heterocycles. The van der Waals surface area contributed by atoms with E-state index in [9.17, 15) is 13.2 Å². The summed E-state index contributed by atoms with van der Waals surface area (Å²) in [7, 11) is -1.96. The molecule has 0 bridgehead atoms. The van der Waals surface area contributed by atoms with Crippen molar-refractivity contribution in [2.45, 2.75) is 13.8 Å². The van der Waals surface area contributed by atoms with Crippen LogP contribution in [-0.2, 0) is 14.8 Å². The Balaban J connectivity index is 3.96. The average molecular weight is 289 g/mol. The van der Waals surface area contributed by atoms with Crippen molar-refractivity contribution in [3.63, 3.8) is 0 Å². The summed E-state index contributed by atoms with van der Waals surface area (Å²) in [4.78, 5) is 13.6. The number of rotatable bonds is 7. The van der Waals surface area contributed by atoms with Crippen LogP contribution < -0.4 is 5.32 Å². The molecule has 1 N–H and O–H groups in total. The van der Waals surface area contributed by atoms with Gasteiger partial charge in [0.2, 0.25) is 15.9 Å². The fourth-order valence-electron chi connectivity index (χ4n) is 1.20. The first-order valence-electron chi connectivity index (χ1n) is 6.17. The maximum atomic E-state index is 11.4. The Labute approximate surface area is 116 Å². The van der Waals surface area contributed by atoms with E-state index in [0.717, 1.165) is 23.7 Å². The molecule has 0 aliphatic carbocycles. The number of hydrogen-bond acceptors (Lipinski definition) is 4. The van der Waals surface area contributed by atoms with Gasteiger partial charge in [-0.05, 0) is 13.1 Å². The summed E-state index contributed by atoms with van der Waals surface area (Å²) in [6, 6.07) is 0. The van der Waals surface area contributed by atoms with E-state index in [2.05, 4.69) is 35.9 Å². The molecule has 0 atom stereocenters. The fraction of sp³-hybridized carbons (Fsp3) is 0.750. The Kier molecular flexibility index (Phi) is 8.39. The molecule has 6 nitrogen and oxygen atoms in total. The van der Waals surface area contributed by atoms with Crippen LogP contribution in [0.5, 0.6) is 0 Å². The first-order chi connectivity index (χ1) is 8.81. The number of amides is 1. The summed E-state index contributed by atoms with van der Waals surface area (Å²) in [5, 5.41) is 2.56. The van der Waals surface area contributed by atoms with Crippen molar-refractivity contribution in [3.05, 3.63) is 0 Å². The van der Waals surface area contributed by atoms with Gasteiger partial charge in [0.05, 0.1) is 25.9 Å². The van der Waals surface area contributed by atoms with Crippen molar-refractivity contribution < 1.29 is 13.2 Å². The first kappa shape index (κ1) is 17.9. The van der Waals surface area contributed by atoms with Crippen LogP contribution in [-0.4, -0.2) is 69.6 Å². The minimum atomic E-state index is -3.32. The van der Waals surface area contributed by atoms with Gasteiger partial charge in [-0.25, -0.2) is 8.42 Å². The van der Waals surface area contributed by atoms with Crippen molar-refractivity contribution in [3.8, 4) is 11.8 Å². The molecule has 0 aromatic carbocycles. The van der Waals surface area contributed by atoms with Gasteiger partial charge in [-0.15, -0.1) is 0 Å². The summed E-state index contributed by atoms with van der Waals surface area (Å²) in [5.74, 6) is 5.43. The molecule has 0 rings (SSSR count). The Bertz CT molecular complexity index is 433. The van der Waals surface area contributed by atoms with Crippen LogP contribution >= 0.6 is 0 Å². The molecule has 110 valence electrons. The molecule has 0 aliphatic rings. The highest BCUT2D eigenvalue weighted by molar-refractivity contribution is 7.88. The quantitative estimate of drug-likeness (QED) is 0.632. The Morgan fingerprint density at radius 1 is 1.21 bits per heavy atom. The highest BCUT2D eigenvalue weighted by Gasteiger charge is 2.14. The molecule has 0 aromatic heterocycles. The van der Waals surface area contributed by atoms with Crippen LogP contribution in [0.4, 0.5) is 0 Å². The van der Waals surface area contributed by atoms with Gasteiger partial charge >= 0.3 is 0 Å². The zero-order chi connectivity index (χ0) is 14.9. The topological polar surface area (TPSA) is 69.7 Å². The Hall–Kier alpha value is -1.10. The van der Waals surface area contributed by atoms with Crippen molar-refractivity contribution in [1.82, 2.24) is 14.5 Å². The molecular weight excluding hydrogens is 266 g/mol. The Morgan fingerprint density at radius 2 is 1.79 bits per heavy atom. The van der Waals surface area contributed by atoms with Gasteiger partial charge in [-0.2, -0.15) is 4.31 Å². The molecule has 0 saturated heterocycles. The molecule has 0 aromatic rings. The van der Waals surface area contributed by atoms with Crippen LogP contribution in [0.15, 0.2) is 0 Å². The predicted octanol–water partition coefficient (Wildman–Crippen LogP) is -0.661. The van der Waals surface area contributed by atoms with Gasteiger partial charge in [-0.1, -0.05) is 25.7 Å². The number of nitrogens with zero attached hydrogens (tertiary/aromatic N) is 2. The smallest absolute Gasteiger partial charge is 0.236 e. The summed E-state index contributed by atoms with van der Waals surface area (Å²) >= 11 is 0. The van der Waals surface area contributed by atoms with Crippen molar-refractivity contribution in [2.24, 2.45) is 0 Å². The molecule has 19 heavy (non-hydrogen) atoms. The summed E-state index contributed by atoms with van der Waals surface area (Å²) < 4.78 is 23.2. The van der Waals surface area contributed by atoms with Gasteiger partial charge in [0.1, 0.15) is 0 Å². The second kappa shape index (κ2) is 8.91. The lowest BCUT2D eigenvalue weighted by molar-refractivity contribution is -0.120. The van der Waals surface area contributed by atoms with Gasteiger partial charge < -0.3 is 5.32 Å². The predicted molar refractivity (Wildman–Crippen MR) is 76.0 cm³/mol. The number of carbonyl (C=O) groups is 1. The molecule has 0 saturated carbocycles. The molecule has 0 fully saturated rings. The van der Waals surface area contributed by atoms with E-state index < -0.39 is 10.0 Å². The third kappa shape index (κ3) is 8.59. The number of nitrogens with one attached hydrogen (secondary N) is 1. The van der Waals surface area contributed by atoms with Crippen LogP contribution in [0, 0.1) is 11.8 Å². The second-order valence-corrected chi connectivity index (χ2v) is 6.20. The first-order valence-corrected chi connectivity index (χ1v) is 8.02. The molecule has 0 unspecified atom stereocenters. The fourth-order valence-corrected chi connectivity index (χ4v) is 1.55. The minimum absolute atomic E-state index is 0.184. The number of sulfonamides is 1. The zero-order valence-electron chi connectivity index (χ0n) is 12.1. The van der Waals surface area contributed by atoms with Crippen LogP contribution in [0.1, 0.15) is 13.8 Å². The minimum Gasteiger partial charge on any atom is -0.344 e. The SMILES string of the molecule is CCN(CC)CC#CCNC(=O)CN(C)S(C)(=O)=O. The van der Waals surface area contributed by atoms with E-state index in [4.69, 9.17) is 0 Å². The standard InChI is InChI=1S/C12H23N3O3S/c1-5-15(6-2)10-8-7-9-13-12(16)11-14(3)19(4,17)18/h5-6,9-11H2,1-4H3,(H,13,16). The van der Waals surface area contributed by atoms with E-state index >= 15 is 0 Å². The maximum absolute atomic E-state index is 11.4. The molecule has 0 heterocycles. The Morgan fingerprint density at radius 3 is 2.26 bits per heavy atom. The lowest BCUT2D eigenvalue weighted by Gasteiger charge is -2.13. The lowest BCUT2D eigenvalue weighted by Crippen LogP contribution is -2.37. The van der Waals surface area contributed by atoms with E-state index in [0.29, 0.717) is 6.54 Å². The molecule has 7 heteroatoms.